The highest BCUT2D eigenvalue weighted by Crippen LogP contribution is 2.49. The lowest BCUT2D eigenvalue weighted by atomic mass is 9.93. The van der Waals surface area contributed by atoms with E-state index in [9.17, 15) is 4.39 Å². The lowest BCUT2D eigenvalue weighted by Crippen LogP contribution is -2.00. The first-order valence-electron chi connectivity index (χ1n) is 9.25. The molecule has 0 spiro atoms. The van der Waals surface area contributed by atoms with Crippen LogP contribution < -0.4 is 0 Å². The van der Waals surface area contributed by atoms with Crippen LogP contribution in [0.2, 0.25) is 0 Å². The van der Waals surface area contributed by atoms with E-state index in [2.05, 4.69) is 33.1 Å². The van der Waals surface area contributed by atoms with Gasteiger partial charge in [0.2, 0.25) is 0 Å². The van der Waals surface area contributed by atoms with E-state index < -0.39 is 5.67 Å². The number of aromatic amines is 1. The largest absolute Gasteiger partial charge is 0.361 e. The average Bonchev–Trinajstić information content (AvgIpc) is 2.94. The number of nitrogens with one attached hydrogen (secondary N) is 1. The van der Waals surface area contributed by atoms with Gasteiger partial charge in [0.25, 0.3) is 0 Å². The number of alkyl halides is 1. The first kappa shape index (κ1) is 16.4. The molecule has 1 aliphatic carbocycles. The second-order valence-corrected chi connectivity index (χ2v) is 7.73. The number of fused-ring (bicyclic) bond motifs is 1. The summed E-state index contributed by atoms with van der Waals surface area (Å²) in [5.41, 5.74) is 7.43. The Balaban J connectivity index is 1.82. The molecule has 1 aliphatic heterocycles. The Morgan fingerprint density at radius 1 is 1.15 bits per heavy atom. The Morgan fingerprint density at radius 2 is 1.93 bits per heavy atom. The molecule has 0 unspecified atom stereocenters. The van der Waals surface area contributed by atoms with Crippen LogP contribution in [0.4, 0.5) is 4.39 Å². The first-order chi connectivity index (χ1) is 12.9. The molecule has 138 valence electrons. The monoisotopic (exact) mass is 364 g/mol. The summed E-state index contributed by atoms with van der Waals surface area (Å²) in [6.07, 6.45) is 1.06. The fraction of sp³-hybridized carbons (Fsp3) is 0.381. The number of aliphatic imine (C=N–C) groups is 1. The summed E-state index contributed by atoms with van der Waals surface area (Å²) in [5.74, 6) is 1.20. The van der Waals surface area contributed by atoms with Gasteiger partial charge >= 0.3 is 0 Å². The van der Waals surface area contributed by atoms with Gasteiger partial charge in [-0.15, -0.1) is 0 Å². The molecule has 3 heterocycles. The maximum Gasteiger partial charge on any atom is 0.168 e. The van der Waals surface area contributed by atoms with E-state index >= 15 is 0 Å². The van der Waals surface area contributed by atoms with Gasteiger partial charge in [-0.3, -0.25) is 4.99 Å². The highest BCUT2D eigenvalue weighted by atomic mass is 19.1. The topological polar surface area (TPSA) is 67.1 Å². The van der Waals surface area contributed by atoms with Crippen molar-refractivity contribution in [2.24, 2.45) is 4.99 Å². The third-order valence-corrected chi connectivity index (χ3v) is 5.63. The lowest BCUT2D eigenvalue weighted by molar-refractivity contribution is 0.303. The number of aromatic nitrogens is 3. The fourth-order valence-corrected chi connectivity index (χ4v) is 4.04. The summed E-state index contributed by atoms with van der Waals surface area (Å²) in [6, 6.07) is 4.13. The molecule has 6 heteroatoms. The number of rotatable bonds is 3. The number of nitrogens with zero attached hydrogens (tertiary/aromatic N) is 3. The van der Waals surface area contributed by atoms with Gasteiger partial charge in [-0.2, -0.15) is 0 Å². The summed E-state index contributed by atoms with van der Waals surface area (Å²) in [4.78, 5) is 12.5. The zero-order chi connectivity index (χ0) is 18.9. The molecule has 2 aromatic heterocycles. The third-order valence-electron chi connectivity index (χ3n) is 5.63. The Hall–Kier alpha value is -2.76. The molecule has 0 saturated heterocycles. The van der Waals surface area contributed by atoms with Gasteiger partial charge in [0.1, 0.15) is 11.6 Å². The SMILES string of the molecule is CC1=NCC(C)=C1c1cc(-c2c(C)noc2C)cc2[nH]c(C3(F)CC3)nc12. The van der Waals surface area contributed by atoms with Crippen molar-refractivity contribution in [3.8, 4) is 11.1 Å². The number of allylic oxidation sites excluding steroid dienone is 1. The van der Waals surface area contributed by atoms with Crippen LogP contribution in [0.3, 0.4) is 0 Å². The number of H-pyrrole nitrogens is 1. The summed E-state index contributed by atoms with van der Waals surface area (Å²) >= 11 is 0. The van der Waals surface area contributed by atoms with Crippen LogP contribution in [-0.4, -0.2) is 27.4 Å². The van der Waals surface area contributed by atoms with Crippen molar-refractivity contribution in [2.75, 3.05) is 6.54 Å². The van der Waals surface area contributed by atoms with Crippen LogP contribution >= 0.6 is 0 Å². The van der Waals surface area contributed by atoms with Crippen LogP contribution in [0.5, 0.6) is 0 Å². The van der Waals surface area contributed by atoms with E-state index in [1.807, 2.05) is 26.8 Å². The molecule has 27 heavy (non-hydrogen) atoms. The Labute approximate surface area is 156 Å². The zero-order valence-electron chi connectivity index (χ0n) is 15.9. The minimum Gasteiger partial charge on any atom is -0.361 e. The molecule has 5 nitrogen and oxygen atoms in total. The van der Waals surface area contributed by atoms with Crippen molar-refractivity contribution in [1.82, 2.24) is 15.1 Å². The summed E-state index contributed by atoms with van der Waals surface area (Å²) in [7, 11) is 0. The maximum atomic E-state index is 14.7. The van der Waals surface area contributed by atoms with Gasteiger partial charge in [-0.05, 0) is 63.8 Å². The van der Waals surface area contributed by atoms with E-state index in [4.69, 9.17) is 4.52 Å². The minimum atomic E-state index is -1.30. The van der Waals surface area contributed by atoms with Gasteiger partial charge in [-0.25, -0.2) is 9.37 Å². The highest BCUT2D eigenvalue weighted by molar-refractivity contribution is 6.27. The van der Waals surface area contributed by atoms with Crippen LogP contribution in [-0.2, 0) is 5.67 Å². The first-order valence-corrected chi connectivity index (χ1v) is 9.25. The summed E-state index contributed by atoms with van der Waals surface area (Å²) in [5, 5.41) is 4.09. The molecule has 3 aromatic rings. The van der Waals surface area contributed by atoms with E-state index in [-0.39, 0.29) is 0 Å². The van der Waals surface area contributed by atoms with Crippen molar-refractivity contribution in [2.45, 2.75) is 46.2 Å². The summed E-state index contributed by atoms with van der Waals surface area (Å²) in [6.45, 7) is 8.65. The standard InChI is InChI=1S/C21H21FN4O/c1-10-9-23-11(2)17(10)15-7-14(18-12(3)26-27-13(18)4)8-16-19(15)25-20(24-16)21(22)5-6-21/h7-8H,5-6,9H2,1-4H3,(H,24,25). The molecule has 1 fully saturated rings. The average molecular weight is 364 g/mol. The van der Waals surface area contributed by atoms with Crippen molar-refractivity contribution in [1.29, 1.82) is 0 Å². The number of hydrogen-bond donors (Lipinski definition) is 1. The molecular formula is C21H21FN4O. The molecular weight excluding hydrogens is 343 g/mol. The van der Waals surface area contributed by atoms with Gasteiger partial charge in [-0.1, -0.05) is 5.16 Å². The molecule has 5 rings (SSSR count). The van der Waals surface area contributed by atoms with Gasteiger partial charge in [0, 0.05) is 22.4 Å². The van der Waals surface area contributed by atoms with E-state index in [0.29, 0.717) is 25.2 Å². The Bertz CT molecular complexity index is 1140. The van der Waals surface area contributed by atoms with Crippen molar-refractivity contribution < 1.29 is 8.91 Å². The number of imidazole rings is 1. The van der Waals surface area contributed by atoms with E-state index in [1.165, 1.54) is 5.57 Å². The van der Waals surface area contributed by atoms with Crippen LogP contribution in [0.25, 0.3) is 27.7 Å². The Kier molecular flexibility index (Phi) is 3.27. The van der Waals surface area contributed by atoms with Crippen molar-refractivity contribution in [3.63, 3.8) is 0 Å². The van der Waals surface area contributed by atoms with Crippen LogP contribution in [0.15, 0.2) is 27.2 Å². The van der Waals surface area contributed by atoms with E-state index in [0.717, 1.165) is 50.5 Å². The number of benzene rings is 1. The second kappa shape index (κ2) is 5.38. The van der Waals surface area contributed by atoms with Gasteiger partial charge in [0.15, 0.2) is 5.67 Å². The molecule has 0 bridgehead atoms. The minimum absolute atomic E-state index is 0.431. The summed E-state index contributed by atoms with van der Waals surface area (Å²) < 4.78 is 20.0. The predicted octanol–water partition coefficient (Wildman–Crippen LogP) is 5.04. The van der Waals surface area contributed by atoms with Gasteiger partial charge < -0.3 is 9.51 Å². The van der Waals surface area contributed by atoms with Gasteiger partial charge in [0.05, 0.1) is 23.3 Å². The Morgan fingerprint density at radius 3 is 2.52 bits per heavy atom. The molecule has 0 amide bonds. The second-order valence-electron chi connectivity index (χ2n) is 7.73. The van der Waals surface area contributed by atoms with Crippen LogP contribution in [0.1, 0.15) is 49.5 Å². The maximum absolute atomic E-state index is 14.7. The van der Waals surface area contributed by atoms with Crippen molar-refractivity contribution in [3.05, 3.63) is 40.5 Å². The smallest absolute Gasteiger partial charge is 0.168 e. The van der Waals surface area contributed by atoms with Crippen molar-refractivity contribution >= 4 is 22.3 Å². The third kappa shape index (κ3) is 2.39. The number of hydrogen-bond acceptors (Lipinski definition) is 4. The molecule has 0 radical (unpaired) electrons. The molecule has 1 saturated carbocycles. The fourth-order valence-electron chi connectivity index (χ4n) is 4.04. The molecule has 0 atom stereocenters. The molecule has 2 aliphatic rings. The zero-order valence-corrected chi connectivity index (χ0v) is 15.9. The molecule has 1 N–H and O–H groups in total. The predicted molar refractivity (Wildman–Crippen MR) is 104 cm³/mol. The highest BCUT2D eigenvalue weighted by Gasteiger charge is 2.48. The quantitative estimate of drug-likeness (QED) is 0.708. The normalized spacial score (nSPS) is 18.5. The number of aryl methyl sites for hydroxylation is 2. The lowest BCUT2D eigenvalue weighted by Gasteiger charge is -2.10. The number of halogens is 1. The molecule has 1 aromatic carbocycles. The van der Waals surface area contributed by atoms with E-state index in [1.54, 1.807) is 0 Å². The van der Waals surface area contributed by atoms with Crippen LogP contribution in [0, 0.1) is 13.8 Å².